The second-order valence-electron chi connectivity index (χ2n) is 5.85. The molecule has 1 N–H and O–H groups in total. The predicted octanol–water partition coefficient (Wildman–Crippen LogP) is 3.90. The Morgan fingerprint density at radius 3 is 2.71 bits per heavy atom. The fraction of sp³-hybridized carbons (Fsp3) is 0.250. The van der Waals surface area contributed by atoms with Gasteiger partial charge in [-0.3, -0.25) is 14.8 Å². The van der Waals surface area contributed by atoms with Crippen LogP contribution in [0.15, 0.2) is 35.1 Å². The molecule has 7 nitrogen and oxygen atoms in total. The van der Waals surface area contributed by atoms with E-state index in [-0.39, 0.29) is 16.1 Å². The molecule has 12 heteroatoms. The molecule has 0 spiro atoms. The lowest BCUT2D eigenvalue weighted by Gasteiger charge is -2.04. The van der Waals surface area contributed by atoms with Crippen molar-refractivity contribution in [3.8, 4) is 0 Å². The summed E-state index contributed by atoms with van der Waals surface area (Å²) < 4.78 is 41.0. The van der Waals surface area contributed by atoms with Gasteiger partial charge < -0.3 is 0 Å². The topological polar surface area (TPSA) is 77.6 Å². The average molecular weight is 478 g/mol. The molecule has 2 heterocycles. The minimum absolute atomic E-state index is 0.0342. The lowest BCUT2D eigenvalue weighted by atomic mass is 10.2. The zero-order valence-corrected chi connectivity index (χ0v) is 16.7. The summed E-state index contributed by atoms with van der Waals surface area (Å²) >= 11 is 8.79. The Balaban J connectivity index is 1.65. The van der Waals surface area contributed by atoms with E-state index in [1.807, 2.05) is 6.07 Å². The third-order valence-corrected chi connectivity index (χ3v) is 4.90. The van der Waals surface area contributed by atoms with Gasteiger partial charge in [0.15, 0.2) is 5.69 Å². The molecule has 0 aliphatic carbocycles. The van der Waals surface area contributed by atoms with Gasteiger partial charge in [0, 0.05) is 5.02 Å². The third-order valence-electron chi connectivity index (χ3n) is 3.72. The first kappa shape index (κ1) is 20.3. The molecule has 0 unspecified atom stereocenters. The van der Waals surface area contributed by atoms with Gasteiger partial charge >= 0.3 is 6.18 Å². The number of hydrogen-bond donors (Lipinski definition) is 1. The van der Waals surface area contributed by atoms with E-state index >= 15 is 0 Å². The van der Waals surface area contributed by atoms with Crippen LogP contribution >= 0.6 is 27.5 Å². The maximum Gasteiger partial charge on any atom is 0.436 e. The molecule has 28 heavy (non-hydrogen) atoms. The van der Waals surface area contributed by atoms with Crippen LogP contribution in [0.25, 0.3) is 0 Å². The van der Waals surface area contributed by atoms with E-state index in [4.69, 9.17) is 11.6 Å². The number of nitrogens with one attached hydrogen (secondary N) is 1. The maximum atomic E-state index is 12.9. The summed E-state index contributed by atoms with van der Waals surface area (Å²) in [4.78, 5) is 16.1. The molecule has 3 aromatic rings. The zero-order valence-electron chi connectivity index (χ0n) is 14.3. The summed E-state index contributed by atoms with van der Waals surface area (Å²) in [6.45, 7) is 1.41. The van der Waals surface area contributed by atoms with Gasteiger partial charge in [-0.15, -0.1) is 5.10 Å². The highest BCUT2D eigenvalue weighted by molar-refractivity contribution is 9.10. The van der Waals surface area contributed by atoms with E-state index in [1.165, 1.54) is 17.9 Å². The molecule has 1 aromatic carbocycles. The number of anilines is 1. The van der Waals surface area contributed by atoms with Gasteiger partial charge in [-0.25, -0.2) is 9.67 Å². The Bertz CT molecular complexity index is 1020. The lowest BCUT2D eigenvalue weighted by Crippen LogP contribution is -2.21. The van der Waals surface area contributed by atoms with Crippen molar-refractivity contribution in [2.75, 3.05) is 5.32 Å². The van der Waals surface area contributed by atoms with E-state index in [0.29, 0.717) is 11.6 Å². The third kappa shape index (κ3) is 4.71. The molecule has 0 saturated carbocycles. The van der Waals surface area contributed by atoms with Crippen molar-refractivity contribution < 1.29 is 18.0 Å². The number of carbonyl (C=O) groups excluding carboxylic acids is 1. The van der Waals surface area contributed by atoms with Gasteiger partial charge in [0.2, 0.25) is 11.9 Å². The van der Waals surface area contributed by atoms with E-state index in [2.05, 4.69) is 36.4 Å². The molecule has 3 rings (SSSR count). The SMILES string of the molecule is Cc1c(Br)c(C(F)(F)F)nn1CC(=O)Nc1ncn(Cc2cccc(Cl)c2)n1. The molecule has 0 fully saturated rings. The Morgan fingerprint density at radius 1 is 1.32 bits per heavy atom. The van der Waals surface area contributed by atoms with Crippen LogP contribution in [0.3, 0.4) is 0 Å². The van der Waals surface area contributed by atoms with Crippen LogP contribution in [0.1, 0.15) is 17.0 Å². The molecular formula is C16H13BrClF3N6O. The largest absolute Gasteiger partial charge is 0.436 e. The highest BCUT2D eigenvalue weighted by atomic mass is 79.9. The summed E-state index contributed by atoms with van der Waals surface area (Å²) in [5, 5.41) is 10.6. The van der Waals surface area contributed by atoms with Crippen molar-refractivity contribution in [1.82, 2.24) is 24.5 Å². The number of benzene rings is 1. The zero-order chi connectivity index (χ0) is 20.5. The highest BCUT2D eigenvalue weighted by Crippen LogP contribution is 2.35. The van der Waals surface area contributed by atoms with Crippen LogP contribution in [0.2, 0.25) is 5.02 Å². The molecule has 148 valence electrons. The lowest BCUT2D eigenvalue weighted by molar-refractivity contribution is -0.142. The first-order valence-electron chi connectivity index (χ1n) is 7.87. The number of carbonyl (C=O) groups is 1. The minimum Gasteiger partial charge on any atom is -0.292 e. The standard InChI is InChI=1S/C16H13BrClF3N6O/c1-9-13(17)14(16(19,20)21)24-27(9)7-12(28)23-15-22-8-26(25-15)6-10-3-2-4-11(18)5-10/h2-5,8H,6-7H2,1H3,(H,23,25,28). The molecule has 1 amide bonds. The van der Waals surface area contributed by atoms with Gasteiger partial charge in [-0.2, -0.15) is 18.3 Å². The molecule has 0 aliphatic heterocycles. The summed E-state index contributed by atoms with van der Waals surface area (Å²) in [6, 6.07) is 7.19. The second-order valence-corrected chi connectivity index (χ2v) is 7.08. The van der Waals surface area contributed by atoms with E-state index in [0.717, 1.165) is 10.2 Å². The Labute approximate surface area is 170 Å². The Morgan fingerprint density at radius 2 is 2.07 bits per heavy atom. The quantitative estimate of drug-likeness (QED) is 0.605. The molecule has 0 aliphatic rings. The first-order valence-corrected chi connectivity index (χ1v) is 9.04. The number of nitrogens with zero attached hydrogens (tertiary/aromatic N) is 5. The number of hydrogen-bond acceptors (Lipinski definition) is 4. The van der Waals surface area contributed by atoms with Crippen molar-refractivity contribution in [3.05, 3.63) is 57.0 Å². The van der Waals surface area contributed by atoms with Crippen LogP contribution < -0.4 is 5.32 Å². The maximum absolute atomic E-state index is 12.9. The van der Waals surface area contributed by atoms with Crippen LogP contribution in [0.4, 0.5) is 19.1 Å². The molecule has 0 radical (unpaired) electrons. The molecule has 0 bridgehead atoms. The summed E-state index contributed by atoms with van der Waals surface area (Å²) in [5.74, 6) is -0.570. The molecule has 2 aromatic heterocycles. The van der Waals surface area contributed by atoms with Crippen molar-refractivity contribution in [1.29, 1.82) is 0 Å². The van der Waals surface area contributed by atoms with E-state index < -0.39 is 24.3 Å². The number of aromatic nitrogens is 5. The van der Waals surface area contributed by atoms with Crippen molar-refractivity contribution in [2.24, 2.45) is 0 Å². The van der Waals surface area contributed by atoms with Crippen LogP contribution in [-0.2, 0) is 24.1 Å². The van der Waals surface area contributed by atoms with Crippen molar-refractivity contribution in [3.63, 3.8) is 0 Å². The molecule has 0 atom stereocenters. The highest BCUT2D eigenvalue weighted by Gasteiger charge is 2.38. The Hall–Kier alpha value is -2.40. The van der Waals surface area contributed by atoms with Gasteiger partial charge in [-0.05, 0) is 40.5 Å². The normalized spacial score (nSPS) is 11.6. The molecular weight excluding hydrogens is 465 g/mol. The van der Waals surface area contributed by atoms with E-state index in [1.54, 1.807) is 18.2 Å². The van der Waals surface area contributed by atoms with Gasteiger partial charge in [0.05, 0.1) is 16.7 Å². The van der Waals surface area contributed by atoms with Crippen LogP contribution in [0.5, 0.6) is 0 Å². The number of amides is 1. The number of alkyl halides is 3. The van der Waals surface area contributed by atoms with Crippen molar-refractivity contribution in [2.45, 2.75) is 26.2 Å². The smallest absolute Gasteiger partial charge is 0.292 e. The number of rotatable bonds is 5. The van der Waals surface area contributed by atoms with Crippen LogP contribution in [-0.4, -0.2) is 30.5 Å². The van der Waals surface area contributed by atoms with Gasteiger partial charge in [-0.1, -0.05) is 23.7 Å². The minimum atomic E-state index is -4.62. The monoisotopic (exact) mass is 476 g/mol. The van der Waals surface area contributed by atoms with E-state index in [9.17, 15) is 18.0 Å². The summed E-state index contributed by atoms with van der Waals surface area (Å²) in [5.41, 5.74) is -0.00406. The predicted molar refractivity (Wildman–Crippen MR) is 98.9 cm³/mol. The summed E-state index contributed by atoms with van der Waals surface area (Å²) in [7, 11) is 0. The second kappa shape index (κ2) is 7.92. The average Bonchev–Trinajstić information content (AvgIpc) is 3.13. The van der Waals surface area contributed by atoms with Crippen molar-refractivity contribution >= 4 is 39.4 Å². The molecule has 0 saturated heterocycles. The van der Waals surface area contributed by atoms with Crippen LogP contribution in [0, 0.1) is 6.92 Å². The number of halogens is 5. The summed E-state index contributed by atoms with van der Waals surface area (Å²) in [6.07, 6.45) is -3.19. The first-order chi connectivity index (χ1) is 13.1. The van der Waals surface area contributed by atoms with Gasteiger partial charge in [0.25, 0.3) is 0 Å². The fourth-order valence-electron chi connectivity index (χ4n) is 2.41. The Kier molecular flexibility index (Phi) is 5.75. The van der Waals surface area contributed by atoms with Gasteiger partial charge in [0.1, 0.15) is 12.9 Å². The fourth-order valence-corrected chi connectivity index (χ4v) is 3.13.